The van der Waals surface area contributed by atoms with Crippen LogP contribution in [0, 0.1) is 0 Å². The number of ether oxygens (including phenoxy) is 3. The first-order chi connectivity index (χ1) is 17.4. The molecule has 0 radical (unpaired) electrons. The Bertz CT molecular complexity index is 1180. The number of rotatable bonds is 10. The Balaban J connectivity index is 1.73. The number of aliphatic carboxylic acids is 1. The van der Waals surface area contributed by atoms with Gasteiger partial charge in [-0.1, -0.05) is 34.1 Å². The van der Waals surface area contributed by atoms with Gasteiger partial charge < -0.3 is 29.1 Å². The van der Waals surface area contributed by atoms with Gasteiger partial charge >= 0.3 is 5.97 Å². The molecule has 0 fully saturated rings. The molecule has 36 heavy (non-hydrogen) atoms. The van der Waals surface area contributed by atoms with E-state index in [1.807, 2.05) is 41.4 Å². The van der Waals surface area contributed by atoms with Gasteiger partial charge in [-0.05, 0) is 42.2 Å². The Labute approximate surface area is 218 Å². The first kappa shape index (κ1) is 25.6. The average molecular weight is 557 g/mol. The highest BCUT2D eigenvalue weighted by Crippen LogP contribution is 2.41. The van der Waals surface area contributed by atoms with Crippen molar-refractivity contribution in [1.29, 1.82) is 0 Å². The van der Waals surface area contributed by atoms with Gasteiger partial charge in [-0.25, -0.2) is 0 Å². The van der Waals surface area contributed by atoms with Crippen molar-refractivity contribution in [3.05, 3.63) is 66.0 Å². The lowest BCUT2D eigenvalue weighted by molar-refractivity contribution is -0.136. The van der Waals surface area contributed by atoms with E-state index in [0.29, 0.717) is 42.3 Å². The highest BCUT2D eigenvalue weighted by atomic mass is 79.9. The van der Waals surface area contributed by atoms with Gasteiger partial charge in [0.1, 0.15) is 5.75 Å². The maximum absolute atomic E-state index is 13.8. The number of carbonyl (C=O) groups excluding carboxylic acids is 1. The van der Waals surface area contributed by atoms with Crippen LogP contribution in [0.3, 0.4) is 0 Å². The minimum absolute atomic E-state index is 0.117. The molecular formula is C27H29BrN2O6. The zero-order valence-electron chi connectivity index (χ0n) is 20.3. The first-order valence-electron chi connectivity index (χ1n) is 11.7. The summed E-state index contributed by atoms with van der Waals surface area (Å²) in [5.41, 5.74) is 3.20. The second kappa shape index (κ2) is 11.5. The number of hydrogen-bond acceptors (Lipinski definition) is 6. The summed E-state index contributed by atoms with van der Waals surface area (Å²) in [5, 5.41) is 9.94. The third kappa shape index (κ3) is 5.51. The van der Waals surface area contributed by atoms with Crippen LogP contribution in [0.4, 0.5) is 5.69 Å². The monoisotopic (exact) mass is 556 g/mol. The largest absolute Gasteiger partial charge is 0.497 e. The van der Waals surface area contributed by atoms with E-state index >= 15 is 0 Å². The molecule has 9 heteroatoms. The third-order valence-electron chi connectivity index (χ3n) is 6.18. The summed E-state index contributed by atoms with van der Waals surface area (Å²) in [7, 11) is 3.17. The number of benzene rings is 2. The number of alkyl halides is 1. The number of methoxy groups -OCH3 is 2. The Morgan fingerprint density at radius 3 is 2.61 bits per heavy atom. The van der Waals surface area contributed by atoms with E-state index in [2.05, 4.69) is 15.9 Å². The standard InChI is InChI=1S/C27H29BrN2O6/c1-34-21-8-6-18(7-9-21)19-13-20-17-29(11-3-5-26(31)32)23-15-25(36-12-4-10-28)24(35-2)14-22(23)27(33)30(20)16-19/h3,6-9,11,14-16,20H,4-5,10,12-13,17H2,1-2H3,(H,31,32)/t20-/m0/s1. The average Bonchev–Trinajstić information content (AvgIpc) is 3.27. The predicted octanol–water partition coefficient (Wildman–Crippen LogP) is 4.93. The number of fused-ring (bicyclic) bond motifs is 2. The summed E-state index contributed by atoms with van der Waals surface area (Å²) in [5.74, 6) is 0.726. The molecule has 0 aliphatic carbocycles. The van der Waals surface area contributed by atoms with Crippen LogP contribution < -0.4 is 19.1 Å². The summed E-state index contributed by atoms with van der Waals surface area (Å²) in [6.45, 7) is 0.990. The number of nitrogens with zero attached hydrogens (tertiary/aromatic N) is 2. The van der Waals surface area contributed by atoms with Gasteiger partial charge in [0.25, 0.3) is 5.91 Å². The molecule has 1 atom stereocenters. The molecule has 2 heterocycles. The molecule has 0 aromatic heterocycles. The number of amides is 1. The highest BCUT2D eigenvalue weighted by molar-refractivity contribution is 9.09. The van der Waals surface area contributed by atoms with Crippen LogP contribution in [-0.2, 0) is 4.79 Å². The molecule has 2 aromatic rings. The minimum Gasteiger partial charge on any atom is -0.497 e. The van der Waals surface area contributed by atoms with Crippen LogP contribution in [0.5, 0.6) is 17.2 Å². The van der Waals surface area contributed by atoms with Crippen LogP contribution >= 0.6 is 15.9 Å². The van der Waals surface area contributed by atoms with Crippen LogP contribution in [0.15, 0.2) is 54.9 Å². The summed E-state index contributed by atoms with van der Waals surface area (Å²) in [4.78, 5) is 28.6. The molecule has 0 unspecified atom stereocenters. The maximum atomic E-state index is 13.8. The van der Waals surface area contributed by atoms with E-state index in [1.165, 1.54) is 0 Å². The third-order valence-corrected chi connectivity index (χ3v) is 6.74. The van der Waals surface area contributed by atoms with E-state index in [9.17, 15) is 9.59 Å². The number of hydrogen-bond donors (Lipinski definition) is 1. The molecule has 2 aliphatic heterocycles. The molecule has 8 nitrogen and oxygen atoms in total. The van der Waals surface area contributed by atoms with Gasteiger partial charge in [-0.2, -0.15) is 0 Å². The molecule has 0 spiro atoms. The molecule has 0 saturated heterocycles. The maximum Gasteiger partial charge on any atom is 0.307 e. The number of carboxylic acids is 1. The lowest BCUT2D eigenvalue weighted by atomic mass is 10.0. The predicted molar refractivity (Wildman–Crippen MR) is 141 cm³/mol. The minimum atomic E-state index is -0.920. The van der Waals surface area contributed by atoms with Gasteiger partial charge in [-0.15, -0.1) is 0 Å². The fourth-order valence-electron chi connectivity index (χ4n) is 4.41. The van der Waals surface area contributed by atoms with Crippen molar-refractivity contribution in [3.8, 4) is 17.2 Å². The van der Waals surface area contributed by atoms with Crippen molar-refractivity contribution in [2.45, 2.75) is 25.3 Å². The number of halogens is 1. The van der Waals surface area contributed by atoms with E-state index in [4.69, 9.17) is 19.3 Å². The molecule has 2 aromatic carbocycles. The topological polar surface area (TPSA) is 88.5 Å². The summed E-state index contributed by atoms with van der Waals surface area (Å²) in [6.07, 6.45) is 6.61. The van der Waals surface area contributed by atoms with E-state index in [1.54, 1.807) is 37.5 Å². The van der Waals surface area contributed by atoms with E-state index in [0.717, 1.165) is 28.6 Å². The summed E-state index contributed by atoms with van der Waals surface area (Å²) in [6, 6.07) is 11.2. The van der Waals surface area contributed by atoms with Crippen molar-refractivity contribution in [1.82, 2.24) is 4.90 Å². The van der Waals surface area contributed by atoms with Crippen LogP contribution in [-0.4, -0.2) is 60.6 Å². The molecule has 0 bridgehead atoms. The molecule has 1 N–H and O–H groups in total. The van der Waals surface area contributed by atoms with Crippen molar-refractivity contribution in [2.24, 2.45) is 0 Å². The Morgan fingerprint density at radius 2 is 1.94 bits per heavy atom. The van der Waals surface area contributed by atoms with Crippen molar-refractivity contribution in [3.63, 3.8) is 0 Å². The lowest BCUT2D eigenvalue weighted by Crippen LogP contribution is -2.36. The Morgan fingerprint density at radius 1 is 1.17 bits per heavy atom. The lowest BCUT2D eigenvalue weighted by Gasteiger charge is -2.25. The van der Waals surface area contributed by atoms with Crippen LogP contribution in [0.1, 0.15) is 35.2 Å². The smallest absolute Gasteiger partial charge is 0.307 e. The Kier molecular flexibility index (Phi) is 8.20. The molecule has 190 valence electrons. The number of carboxylic acid groups (broad SMARTS) is 1. The van der Waals surface area contributed by atoms with Crippen molar-refractivity contribution in [2.75, 3.05) is 37.6 Å². The fourth-order valence-corrected chi connectivity index (χ4v) is 4.64. The first-order valence-corrected chi connectivity index (χ1v) is 12.8. The zero-order valence-corrected chi connectivity index (χ0v) is 21.9. The van der Waals surface area contributed by atoms with Gasteiger partial charge in [0, 0.05) is 30.3 Å². The molecular weight excluding hydrogens is 528 g/mol. The second-order valence-corrected chi connectivity index (χ2v) is 9.29. The number of carbonyl (C=O) groups is 2. The normalized spacial score (nSPS) is 16.9. The van der Waals surface area contributed by atoms with Gasteiger partial charge in [0.15, 0.2) is 11.5 Å². The summed E-state index contributed by atoms with van der Waals surface area (Å²) < 4.78 is 16.8. The quantitative estimate of drug-likeness (QED) is 0.327. The van der Waals surface area contributed by atoms with Crippen LogP contribution in [0.2, 0.25) is 0 Å². The molecule has 0 saturated carbocycles. The molecule has 1 amide bonds. The number of anilines is 1. The van der Waals surface area contributed by atoms with E-state index < -0.39 is 5.97 Å². The Hall–Kier alpha value is -3.46. The van der Waals surface area contributed by atoms with Gasteiger partial charge in [0.05, 0.1) is 44.5 Å². The van der Waals surface area contributed by atoms with E-state index in [-0.39, 0.29) is 18.4 Å². The SMILES string of the molecule is COc1ccc(C2=CN3C(=O)c4cc(OC)c(OCCCBr)cc4N(C=CCC(=O)O)C[C@@H]3C2)cc1. The van der Waals surface area contributed by atoms with Gasteiger partial charge in [0.2, 0.25) is 0 Å². The second-order valence-electron chi connectivity index (χ2n) is 8.50. The summed E-state index contributed by atoms with van der Waals surface area (Å²) >= 11 is 3.40. The molecule has 4 rings (SSSR count). The van der Waals surface area contributed by atoms with Crippen LogP contribution in [0.25, 0.3) is 5.57 Å². The fraction of sp³-hybridized carbons (Fsp3) is 0.333. The zero-order chi connectivity index (χ0) is 25.7. The van der Waals surface area contributed by atoms with Gasteiger partial charge in [-0.3, -0.25) is 9.59 Å². The van der Waals surface area contributed by atoms with Crippen molar-refractivity contribution < 1.29 is 28.9 Å². The molecule has 2 aliphatic rings. The van der Waals surface area contributed by atoms with Crippen molar-refractivity contribution >= 4 is 39.1 Å². The highest BCUT2D eigenvalue weighted by Gasteiger charge is 2.37.